The number of amides is 2. The van der Waals surface area contributed by atoms with Crippen LogP contribution in [0.5, 0.6) is 0 Å². The number of nitrogens with zero attached hydrogens (tertiary/aromatic N) is 2. The Morgan fingerprint density at radius 3 is 2.22 bits per heavy atom. The van der Waals surface area contributed by atoms with Gasteiger partial charge in [-0.25, -0.2) is 4.79 Å². The van der Waals surface area contributed by atoms with Crippen LogP contribution in [0.1, 0.15) is 33.6 Å². The molecule has 0 atom stereocenters. The molecule has 0 aromatic carbocycles. The van der Waals surface area contributed by atoms with E-state index in [1.807, 2.05) is 20.8 Å². The van der Waals surface area contributed by atoms with Gasteiger partial charge in [-0.2, -0.15) is 0 Å². The van der Waals surface area contributed by atoms with Gasteiger partial charge in [0.1, 0.15) is 0 Å². The minimum Gasteiger partial charge on any atom is -0.395 e. The molecule has 5 heteroatoms. The third kappa shape index (κ3) is 3.14. The lowest BCUT2D eigenvalue weighted by atomic mass is 9.71. The van der Waals surface area contributed by atoms with Crippen LogP contribution < -0.4 is 0 Å². The molecular formula is C13H26N2O3. The fourth-order valence-electron chi connectivity index (χ4n) is 2.30. The molecule has 0 aromatic rings. The average molecular weight is 258 g/mol. The molecule has 0 spiro atoms. The van der Waals surface area contributed by atoms with Gasteiger partial charge < -0.3 is 20.0 Å². The van der Waals surface area contributed by atoms with Gasteiger partial charge in [-0.15, -0.1) is 0 Å². The van der Waals surface area contributed by atoms with Gasteiger partial charge in [-0.3, -0.25) is 0 Å². The number of urea groups is 1. The van der Waals surface area contributed by atoms with Crippen LogP contribution in [0.15, 0.2) is 0 Å². The lowest BCUT2D eigenvalue weighted by Crippen LogP contribution is -2.55. The van der Waals surface area contributed by atoms with Gasteiger partial charge in [-0.05, 0) is 18.3 Å². The van der Waals surface area contributed by atoms with Crippen molar-refractivity contribution < 1.29 is 15.0 Å². The smallest absolute Gasteiger partial charge is 0.319 e. The van der Waals surface area contributed by atoms with Crippen LogP contribution in [-0.2, 0) is 0 Å². The zero-order valence-electron chi connectivity index (χ0n) is 11.9. The molecule has 106 valence electrons. The molecular weight excluding hydrogens is 232 g/mol. The first-order chi connectivity index (χ1) is 8.21. The van der Waals surface area contributed by atoms with E-state index in [2.05, 4.69) is 0 Å². The first-order valence-electron chi connectivity index (χ1n) is 6.54. The second-order valence-electron chi connectivity index (χ2n) is 6.20. The Labute approximate surface area is 109 Å². The summed E-state index contributed by atoms with van der Waals surface area (Å²) in [6, 6.07) is -0.0694. The molecule has 1 fully saturated rings. The summed E-state index contributed by atoms with van der Waals surface area (Å²) in [7, 11) is 1.68. The fraction of sp³-hybridized carbons (Fsp3) is 0.923. The standard InChI is InChI=1S/C13H26N2O3/c1-12(2,3)13(18)5-7-15(8-6-13)11(17)14(4)9-10-16/h16,18H,5-10H2,1-4H3. The number of aliphatic hydroxyl groups is 2. The monoisotopic (exact) mass is 258 g/mol. The normalized spacial score (nSPS) is 19.8. The maximum atomic E-state index is 12.0. The summed E-state index contributed by atoms with van der Waals surface area (Å²) < 4.78 is 0. The molecule has 0 radical (unpaired) electrons. The molecule has 0 aliphatic carbocycles. The highest BCUT2D eigenvalue weighted by atomic mass is 16.3. The predicted molar refractivity (Wildman–Crippen MR) is 70.3 cm³/mol. The molecule has 1 heterocycles. The number of carbonyl (C=O) groups is 1. The van der Waals surface area contributed by atoms with Crippen molar-refractivity contribution in [2.24, 2.45) is 5.41 Å². The van der Waals surface area contributed by atoms with Gasteiger partial charge >= 0.3 is 6.03 Å². The van der Waals surface area contributed by atoms with Crippen LogP contribution in [0.4, 0.5) is 4.79 Å². The van der Waals surface area contributed by atoms with Gasteiger partial charge in [-0.1, -0.05) is 20.8 Å². The summed E-state index contributed by atoms with van der Waals surface area (Å²) >= 11 is 0. The minimum atomic E-state index is -0.695. The molecule has 0 aromatic heterocycles. The van der Waals surface area contributed by atoms with E-state index < -0.39 is 5.60 Å². The second-order valence-corrected chi connectivity index (χ2v) is 6.20. The summed E-state index contributed by atoms with van der Waals surface area (Å²) in [5.74, 6) is 0. The van der Waals surface area contributed by atoms with Crippen molar-refractivity contribution in [2.45, 2.75) is 39.2 Å². The average Bonchev–Trinajstić information content (AvgIpc) is 2.28. The number of rotatable bonds is 2. The molecule has 0 bridgehead atoms. The van der Waals surface area contributed by atoms with E-state index in [1.54, 1.807) is 11.9 Å². The maximum Gasteiger partial charge on any atom is 0.319 e. The van der Waals surface area contributed by atoms with E-state index >= 15 is 0 Å². The fourth-order valence-corrected chi connectivity index (χ4v) is 2.30. The SMILES string of the molecule is CN(CCO)C(=O)N1CCC(O)(C(C)(C)C)CC1. The zero-order chi connectivity index (χ0) is 14.0. The molecule has 0 unspecified atom stereocenters. The van der Waals surface area contributed by atoms with Crippen LogP contribution in [0.25, 0.3) is 0 Å². The maximum absolute atomic E-state index is 12.0. The number of hydrogen-bond acceptors (Lipinski definition) is 3. The van der Waals surface area contributed by atoms with Crippen LogP contribution in [0, 0.1) is 5.41 Å². The van der Waals surface area contributed by atoms with Crippen molar-refractivity contribution in [3.05, 3.63) is 0 Å². The van der Waals surface area contributed by atoms with Crippen molar-refractivity contribution in [2.75, 3.05) is 33.3 Å². The van der Waals surface area contributed by atoms with Crippen LogP contribution >= 0.6 is 0 Å². The Bertz CT molecular complexity index is 291. The first-order valence-corrected chi connectivity index (χ1v) is 6.54. The number of likely N-dealkylation sites (N-methyl/N-ethyl adjacent to an activating group) is 1. The number of likely N-dealkylation sites (tertiary alicyclic amines) is 1. The van der Waals surface area contributed by atoms with Crippen molar-refractivity contribution in [3.63, 3.8) is 0 Å². The number of hydrogen-bond donors (Lipinski definition) is 2. The lowest BCUT2D eigenvalue weighted by Gasteiger charge is -2.46. The van der Waals surface area contributed by atoms with E-state index in [9.17, 15) is 9.90 Å². The van der Waals surface area contributed by atoms with Crippen molar-refractivity contribution in [1.29, 1.82) is 0 Å². The summed E-state index contributed by atoms with van der Waals surface area (Å²) in [5, 5.41) is 19.4. The largest absolute Gasteiger partial charge is 0.395 e. The van der Waals surface area contributed by atoms with Gasteiger partial charge in [0.05, 0.1) is 12.2 Å². The minimum absolute atomic E-state index is 0.0258. The Balaban J connectivity index is 2.56. The van der Waals surface area contributed by atoms with E-state index in [0.717, 1.165) is 0 Å². The molecule has 18 heavy (non-hydrogen) atoms. The van der Waals surface area contributed by atoms with Crippen LogP contribution in [0.3, 0.4) is 0 Å². The third-order valence-electron chi connectivity index (χ3n) is 4.02. The predicted octanol–water partition coefficient (Wildman–Crippen LogP) is 0.903. The summed E-state index contributed by atoms with van der Waals surface area (Å²) in [6.45, 7) is 7.55. The number of aliphatic hydroxyl groups excluding tert-OH is 1. The van der Waals surface area contributed by atoms with E-state index in [0.29, 0.717) is 32.5 Å². The van der Waals surface area contributed by atoms with Gasteiger partial charge in [0.15, 0.2) is 0 Å². The van der Waals surface area contributed by atoms with E-state index in [1.165, 1.54) is 4.90 Å². The summed E-state index contributed by atoms with van der Waals surface area (Å²) in [6.07, 6.45) is 1.21. The van der Waals surface area contributed by atoms with E-state index in [4.69, 9.17) is 5.11 Å². The van der Waals surface area contributed by atoms with Crippen LogP contribution in [-0.4, -0.2) is 64.9 Å². The first kappa shape index (κ1) is 15.2. The quantitative estimate of drug-likeness (QED) is 0.773. The third-order valence-corrected chi connectivity index (χ3v) is 4.02. The second kappa shape index (κ2) is 5.45. The van der Waals surface area contributed by atoms with Crippen molar-refractivity contribution in [3.8, 4) is 0 Å². The number of piperidine rings is 1. The summed E-state index contributed by atoms with van der Waals surface area (Å²) in [4.78, 5) is 15.3. The topological polar surface area (TPSA) is 64.0 Å². The van der Waals surface area contributed by atoms with Crippen LogP contribution in [0.2, 0.25) is 0 Å². The molecule has 1 aliphatic heterocycles. The Kier molecular flexibility index (Phi) is 4.61. The zero-order valence-corrected chi connectivity index (χ0v) is 11.9. The van der Waals surface area contributed by atoms with Gasteiger partial charge in [0, 0.05) is 26.7 Å². The molecule has 1 aliphatic rings. The molecule has 2 amide bonds. The van der Waals surface area contributed by atoms with Gasteiger partial charge in [0.2, 0.25) is 0 Å². The van der Waals surface area contributed by atoms with E-state index in [-0.39, 0.29) is 18.1 Å². The Morgan fingerprint density at radius 2 is 1.83 bits per heavy atom. The molecule has 1 rings (SSSR count). The summed E-state index contributed by atoms with van der Waals surface area (Å²) in [5.41, 5.74) is -0.863. The molecule has 5 nitrogen and oxygen atoms in total. The highest BCUT2D eigenvalue weighted by Gasteiger charge is 2.43. The highest BCUT2D eigenvalue weighted by molar-refractivity contribution is 5.74. The molecule has 0 saturated carbocycles. The molecule has 2 N–H and O–H groups in total. The van der Waals surface area contributed by atoms with Gasteiger partial charge in [0.25, 0.3) is 0 Å². The van der Waals surface area contributed by atoms with Crippen molar-refractivity contribution in [1.82, 2.24) is 9.80 Å². The Hall–Kier alpha value is -0.810. The molecule has 1 saturated heterocycles. The van der Waals surface area contributed by atoms with Crippen molar-refractivity contribution >= 4 is 6.03 Å². The number of carbonyl (C=O) groups excluding carboxylic acids is 1. The Morgan fingerprint density at radius 1 is 1.33 bits per heavy atom. The highest BCUT2D eigenvalue weighted by Crippen LogP contribution is 2.38. The lowest BCUT2D eigenvalue weighted by molar-refractivity contribution is -0.0941.